The Morgan fingerprint density at radius 1 is 0.455 bits per heavy atom. The van der Waals surface area contributed by atoms with Crippen molar-refractivity contribution < 1.29 is 83.4 Å². The molecule has 0 aromatic heterocycles. The van der Waals surface area contributed by atoms with Gasteiger partial charge in [0.25, 0.3) is 16.6 Å². The number of halogens is 3. The van der Waals surface area contributed by atoms with Gasteiger partial charge in [0.15, 0.2) is 41.8 Å². The van der Waals surface area contributed by atoms with Crippen molar-refractivity contribution in [3.05, 3.63) is 240 Å². The summed E-state index contributed by atoms with van der Waals surface area (Å²) in [6.07, 6.45) is 11.7. The molecular weight excluding hydrogens is 1920 g/mol. The van der Waals surface area contributed by atoms with Crippen molar-refractivity contribution in [2.45, 2.75) is 320 Å². The van der Waals surface area contributed by atoms with Gasteiger partial charge in [0.05, 0.1) is 37.6 Å². The van der Waals surface area contributed by atoms with Gasteiger partial charge in [-0.1, -0.05) is 335 Å². The van der Waals surface area contributed by atoms with E-state index < -0.39 is 103 Å². The van der Waals surface area contributed by atoms with Crippen LogP contribution in [0.15, 0.2) is 211 Å². The Bertz CT molecular complexity index is 4780. The summed E-state index contributed by atoms with van der Waals surface area (Å²) in [6.45, 7) is 67.0. The van der Waals surface area contributed by atoms with Gasteiger partial charge in [-0.05, 0) is 182 Å². The number of methoxy groups -OCH3 is 2. The van der Waals surface area contributed by atoms with Gasteiger partial charge in [0.1, 0.15) is 46.5 Å². The van der Waals surface area contributed by atoms with Gasteiger partial charge < -0.3 is 65.1 Å². The first-order valence-corrected chi connectivity index (χ1v) is 67.1. The molecule has 26 heteroatoms. The fourth-order valence-corrected chi connectivity index (χ4v) is 30.8. The van der Waals surface area contributed by atoms with E-state index in [1.54, 1.807) is 6.08 Å². The number of alkyl halides is 1. The minimum Gasteiger partial charge on any atom is -0.467 e. The summed E-state index contributed by atoms with van der Waals surface area (Å²) in [5.41, 5.74) is 0.510. The highest BCUT2D eigenvalue weighted by molar-refractivity contribution is 14.1. The van der Waals surface area contributed by atoms with E-state index in [1.165, 1.54) is 71.0 Å². The zero-order chi connectivity index (χ0) is 99.9. The third-order valence-corrected chi connectivity index (χ3v) is 49.9. The molecule has 134 heavy (non-hydrogen) atoms. The van der Waals surface area contributed by atoms with Crippen LogP contribution in [0.5, 0.6) is 11.5 Å². The van der Waals surface area contributed by atoms with Crippen LogP contribution < -0.4 is 30.2 Å². The zero-order valence-electron chi connectivity index (χ0n) is 86.6. The second-order valence-electron chi connectivity index (χ2n) is 43.9. The predicted molar refractivity (Wildman–Crippen MR) is 573 cm³/mol. The Labute approximate surface area is 828 Å². The van der Waals surface area contributed by atoms with E-state index in [9.17, 15) is 14.0 Å². The molecule has 10 atom stereocenters. The average Bonchev–Trinajstić information content (AvgIpc) is 0.914. The summed E-state index contributed by atoms with van der Waals surface area (Å²) in [5, 5.41) is 4.84. The summed E-state index contributed by atoms with van der Waals surface area (Å²) in [5.74, 6) is -2.87. The molecule has 2 unspecified atom stereocenters. The molecule has 2 aliphatic rings. The number of rotatable bonds is 42. The Morgan fingerprint density at radius 2 is 0.806 bits per heavy atom. The van der Waals surface area contributed by atoms with Gasteiger partial charge in [-0.2, -0.15) is 0 Å². The standard InChI is InChI=1S/C51H77FO8Si3.C36H57IO4Si2.C21H27FO4SSi/c1-37(38(2)59-63(50(6,7)8,39-24-19-17-20-25-39)40-26-21-18-22-27-40)30-32-45(60-62(15,16)49(3,4)5)47-44(57-51(9,10)58-47)29-23-28-41-42(52)31-33-43(56-36-54-11)46(41)48(53)55-34-35-61(12,13)14;1-27(23-24-32(41-42(11,12)34(3,4)5)33-31(25-26-37)38-36(9,10)39-33)28(2)40-43(35(6,7)8,29-19-15-13-16-20-29)30-21-17-14-18-22-30;1-24-15-26-19-11-10-18(22)17(14-27-16-8-6-5-7-9-16)20(19)21(23)25-12-13-28(2,3)4/h17-28,30-33,37-38,44-45,47H,29,34-36H2,1-16H3;13-24,27-28,31-33H,25-26H2,1-12H3;5-11H,12-15H2,1-4H3/b28-23+,32-30-;24-23-;/t37-,38+,44+,45?,47+;27-,28+,31+,32?,33+;/m11./s1. The lowest BCUT2D eigenvalue weighted by Crippen LogP contribution is -2.67. The molecule has 7 aromatic carbocycles. The maximum absolute atomic E-state index is 15.7. The monoisotopic (exact) mass is 2080 g/mol. The van der Waals surface area contributed by atoms with E-state index in [-0.39, 0.29) is 116 Å². The number of hydrogen-bond donors (Lipinski definition) is 0. The van der Waals surface area contributed by atoms with E-state index in [2.05, 4.69) is 344 Å². The Balaban J connectivity index is 0.000000297. The summed E-state index contributed by atoms with van der Waals surface area (Å²) >= 11 is 3.89. The van der Waals surface area contributed by atoms with Gasteiger partial charge in [-0.15, -0.1) is 11.8 Å². The van der Waals surface area contributed by atoms with Gasteiger partial charge in [-0.25, -0.2) is 18.4 Å². The normalized spacial score (nSPS) is 18.4. The summed E-state index contributed by atoms with van der Waals surface area (Å²) in [6, 6.07) is 60.0. The fraction of sp³-hybridized carbons (Fsp3) is 0.537. The molecule has 0 bridgehead atoms. The molecule has 16 nitrogen and oxygen atoms in total. The first-order valence-electron chi connectivity index (χ1n) is 47.5. The van der Waals surface area contributed by atoms with Crippen molar-refractivity contribution in [3.63, 3.8) is 0 Å². The molecule has 0 radical (unpaired) electrons. The lowest BCUT2D eigenvalue weighted by atomic mass is 10.00. The second-order valence-corrected chi connectivity index (χ2v) is 75.3. The Kier molecular flexibility index (Phi) is 43.0. The number of esters is 2. The molecule has 0 aliphatic carbocycles. The summed E-state index contributed by atoms with van der Waals surface area (Å²) in [7, 11) is -9.81. The molecule has 2 saturated heterocycles. The van der Waals surface area contributed by atoms with Crippen LogP contribution in [0.3, 0.4) is 0 Å². The predicted octanol–water partition coefficient (Wildman–Crippen LogP) is 26.2. The van der Waals surface area contributed by atoms with E-state index >= 15 is 4.39 Å². The van der Waals surface area contributed by atoms with Crippen molar-refractivity contribution in [3.8, 4) is 11.5 Å². The first-order chi connectivity index (χ1) is 62.4. The van der Waals surface area contributed by atoms with E-state index in [0.29, 0.717) is 18.8 Å². The minimum absolute atomic E-state index is 0.00494. The van der Waals surface area contributed by atoms with Gasteiger partial charge in [0.2, 0.25) is 0 Å². The number of ether oxygens (including phenoxy) is 10. The third kappa shape index (κ3) is 32.6. The van der Waals surface area contributed by atoms with Gasteiger partial charge >= 0.3 is 11.9 Å². The number of hydrogen-bond acceptors (Lipinski definition) is 17. The maximum Gasteiger partial charge on any atom is 0.342 e. The van der Waals surface area contributed by atoms with Crippen LogP contribution >= 0.6 is 34.4 Å². The largest absolute Gasteiger partial charge is 0.467 e. The molecule has 2 aliphatic heterocycles. The maximum atomic E-state index is 15.7. The topological polar surface area (TPSA) is 163 Å². The third-order valence-electron chi connectivity index (χ3n) is 25.6. The Morgan fingerprint density at radius 3 is 1.16 bits per heavy atom. The lowest BCUT2D eigenvalue weighted by Gasteiger charge is -2.45. The molecule has 740 valence electrons. The van der Waals surface area contributed by atoms with E-state index in [4.69, 9.17) is 65.1 Å². The highest BCUT2D eigenvalue weighted by Gasteiger charge is 2.55. The molecule has 0 amide bonds. The van der Waals surface area contributed by atoms with Crippen molar-refractivity contribution in [2.75, 3.05) is 45.4 Å². The minimum atomic E-state index is -2.81. The SMILES string of the molecule is COCOc1ccc(F)c(/C=C/C[C@@H]2OC(C)(C)O[C@@H]2C(/C=C\[C@@H](C)[C@H](C)O[Si](c2ccccc2)(c2ccccc2)C(C)(C)C)O[Si](C)(C)C(C)(C)C)c1C(=O)OCC[Si](C)(C)C.COCOc1ccc(F)c(CSc2ccccc2)c1C(=O)OCC[Si](C)(C)C.C[C@H](/C=C\C(O[Si](C)(C)C(C)(C)C)[C@H]1OC(C)(C)O[C@H]1CCI)[C@H](C)O[Si](c1ccccc1)(c1ccccc1)C(C)(C)C. The lowest BCUT2D eigenvalue weighted by molar-refractivity contribution is -0.152. The van der Waals surface area contributed by atoms with Gasteiger partial charge in [0, 0.05) is 68.8 Å². The smallest absolute Gasteiger partial charge is 0.342 e. The summed E-state index contributed by atoms with van der Waals surface area (Å²) < 4.78 is 119. The highest BCUT2D eigenvalue weighted by atomic mass is 127. The Hall–Kier alpha value is -5.86. The second kappa shape index (κ2) is 50.0. The van der Waals surface area contributed by atoms with E-state index in [0.717, 1.165) is 27.8 Å². The van der Waals surface area contributed by atoms with Crippen LogP contribution in [-0.2, 0) is 61.4 Å². The van der Waals surface area contributed by atoms with Gasteiger partial charge in [-0.3, -0.25) is 0 Å². The van der Waals surface area contributed by atoms with Crippen LogP contribution in [0.4, 0.5) is 8.78 Å². The molecule has 0 spiro atoms. The molecule has 2 heterocycles. The fourth-order valence-electron chi connectivity index (χ4n) is 15.7. The number of thioether (sulfide) groups is 1. The molecule has 0 saturated carbocycles. The zero-order valence-corrected chi connectivity index (χ0v) is 95.6. The van der Waals surface area contributed by atoms with Crippen LogP contribution in [0.25, 0.3) is 6.08 Å². The van der Waals surface area contributed by atoms with Crippen molar-refractivity contribution in [1.82, 2.24) is 0 Å². The van der Waals surface area contributed by atoms with Crippen molar-refractivity contribution in [1.29, 1.82) is 0 Å². The summed E-state index contributed by atoms with van der Waals surface area (Å²) in [4.78, 5) is 27.4. The molecule has 9 rings (SSSR count). The first kappa shape index (κ1) is 115. The van der Waals surface area contributed by atoms with Crippen LogP contribution in [0.2, 0.25) is 97.7 Å². The highest BCUT2D eigenvalue weighted by Crippen LogP contribution is 2.46. The molecule has 0 N–H and O–H groups in total. The van der Waals surface area contributed by atoms with Crippen LogP contribution in [-0.4, -0.2) is 167 Å². The quantitative estimate of drug-likeness (QED) is 0.00674. The van der Waals surface area contributed by atoms with Crippen LogP contribution in [0.1, 0.15) is 183 Å². The molecule has 7 aromatic rings. The van der Waals surface area contributed by atoms with E-state index in [1.807, 2.05) is 64.1 Å². The average molecular weight is 2080 g/mol. The molecule has 2 fully saturated rings. The number of carbonyl (C=O) groups is 2. The van der Waals surface area contributed by atoms with Crippen molar-refractivity contribution >= 4 is 123 Å². The molecular formula is C108H161F2IO16SSi6. The number of carbonyl (C=O) groups excluding carboxylic acids is 2. The number of benzene rings is 7. The van der Waals surface area contributed by atoms with Crippen molar-refractivity contribution in [2.24, 2.45) is 11.8 Å². The van der Waals surface area contributed by atoms with Crippen LogP contribution in [0, 0.1) is 23.5 Å².